The van der Waals surface area contributed by atoms with Gasteiger partial charge in [-0.25, -0.2) is 20.0 Å². The molecule has 0 saturated carbocycles. The van der Waals surface area contributed by atoms with Crippen molar-refractivity contribution in [3.63, 3.8) is 0 Å². The molecule has 2 aliphatic heterocycles. The molecule has 3 aromatic heterocycles. The maximum absolute atomic E-state index is 13.0. The molecule has 1 spiro atoms. The standard InChI is InChI=1S/C27H24N8O/c28-35-10-7-27(8-11-35)20-5-4-19(13-22(20)32-26(27)36)24-30-14-23-25(33-24)34(16-31-23)15-17-3-6-21-18(12-17)2-1-9-29-21/h1-6,9,12-14,16H,7-8,10-11,15,28H2,(H,32,36). The second kappa shape index (κ2) is 7.91. The van der Waals surface area contributed by atoms with E-state index in [9.17, 15) is 4.79 Å². The van der Waals surface area contributed by atoms with Crippen LogP contribution in [0.4, 0.5) is 5.69 Å². The minimum Gasteiger partial charge on any atom is -0.325 e. The van der Waals surface area contributed by atoms with Gasteiger partial charge in [0.15, 0.2) is 11.5 Å². The van der Waals surface area contributed by atoms with Gasteiger partial charge in [0, 0.05) is 35.9 Å². The molecule has 1 fully saturated rings. The topological polar surface area (TPSA) is 115 Å². The number of hydrogen-bond acceptors (Lipinski definition) is 7. The number of carbonyl (C=O) groups is 1. The molecule has 1 saturated heterocycles. The van der Waals surface area contributed by atoms with Crippen LogP contribution in [0.15, 0.2) is 67.3 Å². The number of carbonyl (C=O) groups excluding carboxylic acids is 1. The number of hydrazine groups is 1. The molecule has 2 aromatic carbocycles. The van der Waals surface area contributed by atoms with Gasteiger partial charge in [-0.3, -0.25) is 15.6 Å². The first-order valence-corrected chi connectivity index (χ1v) is 12.1. The van der Waals surface area contributed by atoms with Crippen molar-refractivity contribution in [2.75, 3.05) is 18.4 Å². The number of anilines is 1. The fourth-order valence-electron chi connectivity index (χ4n) is 5.50. The number of nitrogens with two attached hydrogens (primary N) is 1. The summed E-state index contributed by atoms with van der Waals surface area (Å²) in [7, 11) is 0. The van der Waals surface area contributed by atoms with Gasteiger partial charge >= 0.3 is 0 Å². The van der Waals surface area contributed by atoms with Crippen LogP contribution in [0.5, 0.6) is 0 Å². The lowest BCUT2D eigenvalue weighted by Crippen LogP contribution is -2.48. The summed E-state index contributed by atoms with van der Waals surface area (Å²) >= 11 is 0. The molecule has 9 nitrogen and oxygen atoms in total. The molecule has 5 heterocycles. The highest BCUT2D eigenvalue weighted by Gasteiger charge is 2.48. The number of rotatable bonds is 3. The van der Waals surface area contributed by atoms with Gasteiger partial charge in [0.25, 0.3) is 0 Å². The Morgan fingerprint density at radius 3 is 2.78 bits per heavy atom. The molecule has 178 valence electrons. The second-order valence-corrected chi connectivity index (χ2v) is 9.64. The van der Waals surface area contributed by atoms with Crippen LogP contribution in [-0.2, 0) is 16.8 Å². The van der Waals surface area contributed by atoms with E-state index < -0.39 is 5.41 Å². The Bertz CT molecular complexity index is 1650. The summed E-state index contributed by atoms with van der Waals surface area (Å²) in [6.45, 7) is 2.04. The van der Waals surface area contributed by atoms with Crippen molar-refractivity contribution in [3.8, 4) is 11.4 Å². The smallest absolute Gasteiger partial charge is 0.235 e. The second-order valence-electron chi connectivity index (χ2n) is 9.64. The lowest BCUT2D eigenvalue weighted by molar-refractivity contribution is -0.122. The minimum atomic E-state index is -0.497. The molecular weight excluding hydrogens is 452 g/mol. The average molecular weight is 477 g/mol. The first kappa shape index (κ1) is 21.1. The maximum Gasteiger partial charge on any atom is 0.235 e. The molecule has 1 amide bonds. The van der Waals surface area contributed by atoms with E-state index in [1.54, 1.807) is 23.7 Å². The fraction of sp³-hybridized carbons (Fsp3) is 0.222. The Kier molecular flexibility index (Phi) is 4.63. The molecule has 0 aliphatic carbocycles. The number of imidazole rings is 1. The highest BCUT2D eigenvalue weighted by Crippen LogP contribution is 2.45. The highest BCUT2D eigenvalue weighted by atomic mass is 16.2. The van der Waals surface area contributed by atoms with E-state index in [1.807, 2.05) is 34.9 Å². The summed E-state index contributed by atoms with van der Waals surface area (Å²) in [4.78, 5) is 31.3. The van der Waals surface area contributed by atoms with Gasteiger partial charge < -0.3 is 9.88 Å². The number of piperidine rings is 1. The van der Waals surface area contributed by atoms with Crippen LogP contribution < -0.4 is 11.2 Å². The van der Waals surface area contributed by atoms with Crippen molar-refractivity contribution in [2.24, 2.45) is 5.84 Å². The predicted octanol–water partition coefficient (Wildman–Crippen LogP) is 3.25. The van der Waals surface area contributed by atoms with E-state index in [0.29, 0.717) is 38.3 Å². The van der Waals surface area contributed by atoms with Gasteiger partial charge in [-0.1, -0.05) is 24.3 Å². The zero-order chi connectivity index (χ0) is 24.3. The molecule has 2 aliphatic rings. The summed E-state index contributed by atoms with van der Waals surface area (Å²) in [5, 5.41) is 5.98. The molecule has 5 aromatic rings. The number of amides is 1. The lowest BCUT2D eigenvalue weighted by atomic mass is 9.74. The molecular formula is C27H24N8O. The first-order valence-electron chi connectivity index (χ1n) is 12.1. The third kappa shape index (κ3) is 3.28. The number of nitrogens with one attached hydrogen (secondary N) is 1. The Morgan fingerprint density at radius 1 is 1.00 bits per heavy atom. The summed E-state index contributed by atoms with van der Waals surface area (Å²) in [6, 6.07) is 16.3. The van der Waals surface area contributed by atoms with Crippen molar-refractivity contribution in [2.45, 2.75) is 24.8 Å². The highest BCUT2D eigenvalue weighted by molar-refractivity contribution is 6.07. The van der Waals surface area contributed by atoms with E-state index in [-0.39, 0.29) is 5.91 Å². The van der Waals surface area contributed by atoms with Gasteiger partial charge in [-0.2, -0.15) is 0 Å². The van der Waals surface area contributed by atoms with Crippen molar-refractivity contribution in [1.82, 2.24) is 29.5 Å². The Morgan fingerprint density at radius 2 is 1.89 bits per heavy atom. The van der Waals surface area contributed by atoms with Gasteiger partial charge in [0.2, 0.25) is 5.91 Å². The Balaban J connectivity index is 1.22. The van der Waals surface area contributed by atoms with Crippen molar-refractivity contribution in [1.29, 1.82) is 0 Å². The van der Waals surface area contributed by atoms with Crippen molar-refractivity contribution >= 4 is 33.7 Å². The number of benzene rings is 2. The molecule has 0 bridgehead atoms. The zero-order valence-corrected chi connectivity index (χ0v) is 19.6. The Labute approximate surface area is 207 Å². The molecule has 0 radical (unpaired) electrons. The average Bonchev–Trinajstić information content (AvgIpc) is 3.43. The van der Waals surface area contributed by atoms with Gasteiger partial charge in [-0.15, -0.1) is 0 Å². The lowest BCUT2D eigenvalue weighted by Gasteiger charge is -2.35. The summed E-state index contributed by atoms with van der Waals surface area (Å²) < 4.78 is 2.03. The van der Waals surface area contributed by atoms with E-state index >= 15 is 0 Å². The van der Waals surface area contributed by atoms with Crippen LogP contribution in [0.1, 0.15) is 24.0 Å². The number of fused-ring (bicyclic) bond motifs is 4. The molecule has 3 N–H and O–H groups in total. The summed E-state index contributed by atoms with van der Waals surface area (Å²) in [5.74, 6) is 6.61. The number of aromatic nitrogens is 5. The van der Waals surface area contributed by atoms with E-state index in [4.69, 9.17) is 10.8 Å². The van der Waals surface area contributed by atoms with Gasteiger partial charge in [0.05, 0.1) is 30.0 Å². The number of hydrogen-bond donors (Lipinski definition) is 2. The van der Waals surface area contributed by atoms with Crippen LogP contribution in [-0.4, -0.2) is 48.5 Å². The third-order valence-electron chi connectivity index (χ3n) is 7.51. The van der Waals surface area contributed by atoms with E-state index in [1.165, 1.54) is 0 Å². The molecule has 0 unspecified atom stereocenters. The van der Waals surface area contributed by atoms with Crippen LogP contribution in [0.25, 0.3) is 33.5 Å². The van der Waals surface area contributed by atoms with Gasteiger partial charge in [-0.05, 0) is 48.2 Å². The van der Waals surface area contributed by atoms with Crippen molar-refractivity contribution < 1.29 is 4.79 Å². The predicted molar refractivity (Wildman–Crippen MR) is 137 cm³/mol. The number of pyridine rings is 1. The van der Waals surface area contributed by atoms with Crippen molar-refractivity contribution in [3.05, 3.63) is 78.4 Å². The maximum atomic E-state index is 13.0. The first-order chi connectivity index (χ1) is 17.6. The fourth-order valence-corrected chi connectivity index (χ4v) is 5.50. The normalized spacial score (nSPS) is 17.1. The van der Waals surface area contributed by atoms with Crippen LogP contribution in [0.3, 0.4) is 0 Å². The molecule has 7 rings (SSSR count). The van der Waals surface area contributed by atoms with E-state index in [0.717, 1.165) is 44.4 Å². The quantitative estimate of drug-likeness (QED) is 0.384. The third-order valence-corrected chi connectivity index (χ3v) is 7.51. The van der Waals surface area contributed by atoms with Crippen LogP contribution in [0.2, 0.25) is 0 Å². The molecule has 9 heteroatoms. The summed E-state index contributed by atoms with van der Waals surface area (Å²) in [5.41, 5.74) is 5.86. The monoisotopic (exact) mass is 476 g/mol. The number of nitrogens with zero attached hydrogens (tertiary/aromatic N) is 6. The molecule has 0 atom stereocenters. The largest absolute Gasteiger partial charge is 0.325 e. The van der Waals surface area contributed by atoms with Crippen LogP contribution >= 0.6 is 0 Å². The van der Waals surface area contributed by atoms with Crippen LogP contribution in [0, 0.1) is 0 Å². The van der Waals surface area contributed by atoms with Gasteiger partial charge in [0.1, 0.15) is 5.52 Å². The zero-order valence-electron chi connectivity index (χ0n) is 19.6. The minimum absolute atomic E-state index is 0.0581. The SMILES string of the molecule is NN1CCC2(CC1)C(=O)Nc1cc(-c3ncc4ncn(Cc5ccc6ncccc6c5)c4n3)ccc12. The molecule has 36 heavy (non-hydrogen) atoms. The van der Waals surface area contributed by atoms with E-state index in [2.05, 4.69) is 38.5 Å². The Hall–Kier alpha value is -4.21. The summed E-state index contributed by atoms with van der Waals surface area (Å²) in [6.07, 6.45) is 6.79.